The van der Waals surface area contributed by atoms with Crippen molar-refractivity contribution in [3.8, 4) is 0 Å². The Kier molecular flexibility index (Phi) is 6.77. The number of nitrogens with zero attached hydrogens (tertiary/aromatic N) is 2. The van der Waals surface area contributed by atoms with Crippen LogP contribution in [-0.2, 0) is 32.2 Å². The molecule has 2 aromatic rings. The number of aromatic nitrogens is 2. The molecular formula is C19H22ClN3O5. The minimum Gasteiger partial charge on any atom is -0.465 e. The lowest BCUT2D eigenvalue weighted by Gasteiger charge is -2.21. The standard InChI is InChI=1S/C19H22ClN3O5/c1-26-10-12-7-14-15(8-13(12)19(25)27-2)23-17(20)16(22-14)9-21-18(24)11-3-5-28-6-4-11/h7-8,11H,3-6,9-10H2,1-2H3,(H,21,24). The van der Waals surface area contributed by atoms with Gasteiger partial charge in [-0.1, -0.05) is 11.6 Å². The highest BCUT2D eigenvalue weighted by atomic mass is 35.5. The Balaban J connectivity index is 1.84. The van der Waals surface area contributed by atoms with Crippen LogP contribution in [0.25, 0.3) is 11.0 Å². The van der Waals surface area contributed by atoms with Crippen molar-refractivity contribution in [1.29, 1.82) is 0 Å². The van der Waals surface area contributed by atoms with E-state index in [2.05, 4.69) is 15.3 Å². The molecule has 1 aromatic heterocycles. The van der Waals surface area contributed by atoms with Crippen molar-refractivity contribution in [3.05, 3.63) is 34.1 Å². The van der Waals surface area contributed by atoms with Crippen LogP contribution in [0, 0.1) is 5.92 Å². The zero-order valence-corrected chi connectivity index (χ0v) is 16.5. The van der Waals surface area contributed by atoms with Gasteiger partial charge in [0.15, 0.2) is 5.15 Å². The van der Waals surface area contributed by atoms with Crippen molar-refractivity contribution in [3.63, 3.8) is 0 Å². The number of nitrogens with one attached hydrogen (secondary N) is 1. The quantitative estimate of drug-likeness (QED) is 0.733. The molecule has 0 unspecified atom stereocenters. The number of fused-ring (bicyclic) bond motifs is 1. The summed E-state index contributed by atoms with van der Waals surface area (Å²) in [5, 5.41) is 3.05. The Morgan fingerprint density at radius 3 is 2.61 bits per heavy atom. The number of esters is 1. The molecular weight excluding hydrogens is 386 g/mol. The maximum absolute atomic E-state index is 12.3. The van der Waals surface area contributed by atoms with Crippen molar-refractivity contribution < 1.29 is 23.8 Å². The monoisotopic (exact) mass is 407 g/mol. The first-order valence-corrected chi connectivity index (χ1v) is 9.33. The fourth-order valence-electron chi connectivity index (χ4n) is 3.12. The number of ether oxygens (including phenoxy) is 3. The number of benzene rings is 1. The predicted octanol–water partition coefficient (Wildman–Crippen LogP) is 2.26. The van der Waals surface area contributed by atoms with Gasteiger partial charge in [-0.15, -0.1) is 0 Å². The van der Waals surface area contributed by atoms with Crippen LogP contribution in [0.15, 0.2) is 12.1 Å². The minimum atomic E-state index is -0.486. The molecule has 1 aromatic carbocycles. The lowest BCUT2D eigenvalue weighted by Crippen LogP contribution is -2.34. The summed E-state index contributed by atoms with van der Waals surface area (Å²) in [7, 11) is 2.85. The minimum absolute atomic E-state index is 0.0395. The van der Waals surface area contributed by atoms with E-state index in [0.29, 0.717) is 53.9 Å². The molecule has 1 fully saturated rings. The molecule has 150 valence electrons. The molecule has 0 atom stereocenters. The summed E-state index contributed by atoms with van der Waals surface area (Å²) in [6.45, 7) is 1.59. The lowest BCUT2D eigenvalue weighted by atomic mass is 9.99. The van der Waals surface area contributed by atoms with Crippen LogP contribution in [0.5, 0.6) is 0 Å². The van der Waals surface area contributed by atoms with Crippen molar-refractivity contribution in [1.82, 2.24) is 15.3 Å². The molecule has 9 heteroatoms. The molecule has 8 nitrogen and oxygen atoms in total. The lowest BCUT2D eigenvalue weighted by molar-refractivity contribution is -0.128. The Morgan fingerprint density at radius 2 is 1.93 bits per heavy atom. The van der Waals surface area contributed by atoms with Gasteiger partial charge in [0.2, 0.25) is 5.91 Å². The second-order valence-corrected chi connectivity index (χ2v) is 6.85. The molecule has 1 amide bonds. The molecule has 1 N–H and O–H groups in total. The summed E-state index contributed by atoms with van der Waals surface area (Å²) in [5.74, 6) is -0.584. The van der Waals surface area contributed by atoms with Gasteiger partial charge in [0.1, 0.15) is 0 Å². The van der Waals surface area contributed by atoms with E-state index in [4.69, 9.17) is 25.8 Å². The molecule has 0 radical (unpaired) electrons. The van der Waals surface area contributed by atoms with E-state index in [1.54, 1.807) is 12.1 Å². The number of methoxy groups -OCH3 is 2. The number of rotatable bonds is 6. The first-order valence-electron chi connectivity index (χ1n) is 8.95. The molecule has 1 saturated heterocycles. The van der Waals surface area contributed by atoms with E-state index in [0.717, 1.165) is 0 Å². The second kappa shape index (κ2) is 9.27. The molecule has 2 heterocycles. The van der Waals surface area contributed by atoms with Gasteiger partial charge in [0.05, 0.1) is 42.6 Å². The van der Waals surface area contributed by atoms with Crippen molar-refractivity contribution in [2.45, 2.75) is 26.0 Å². The summed E-state index contributed by atoms with van der Waals surface area (Å²) in [6.07, 6.45) is 1.42. The van der Waals surface area contributed by atoms with E-state index in [-0.39, 0.29) is 30.1 Å². The van der Waals surface area contributed by atoms with Crippen LogP contribution in [0.3, 0.4) is 0 Å². The molecule has 0 saturated carbocycles. The second-order valence-electron chi connectivity index (χ2n) is 6.49. The fraction of sp³-hybridized carbons (Fsp3) is 0.474. The van der Waals surface area contributed by atoms with Gasteiger partial charge in [0.25, 0.3) is 0 Å². The van der Waals surface area contributed by atoms with Crippen LogP contribution in [0.2, 0.25) is 5.15 Å². The molecule has 28 heavy (non-hydrogen) atoms. The highest BCUT2D eigenvalue weighted by molar-refractivity contribution is 6.30. The number of hydrogen-bond acceptors (Lipinski definition) is 7. The normalized spacial score (nSPS) is 14.8. The van der Waals surface area contributed by atoms with Crippen LogP contribution >= 0.6 is 11.6 Å². The van der Waals surface area contributed by atoms with Crippen LogP contribution in [0.4, 0.5) is 0 Å². The first kappa shape index (κ1) is 20.4. The first-order chi connectivity index (χ1) is 13.5. The van der Waals surface area contributed by atoms with Gasteiger partial charge in [-0.05, 0) is 30.5 Å². The van der Waals surface area contributed by atoms with Gasteiger partial charge in [-0.2, -0.15) is 0 Å². The Bertz CT molecular complexity index is 883. The zero-order valence-electron chi connectivity index (χ0n) is 15.8. The summed E-state index contributed by atoms with van der Waals surface area (Å²) in [4.78, 5) is 33.2. The Labute approximate surface area is 167 Å². The maximum atomic E-state index is 12.3. The van der Waals surface area contributed by atoms with E-state index >= 15 is 0 Å². The summed E-state index contributed by atoms with van der Waals surface area (Å²) in [5.41, 5.74) is 2.46. The Hall–Kier alpha value is -2.29. The van der Waals surface area contributed by atoms with Crippen LogP contribution in [-0.4, -0.2) is 49.3 Å². The average molecular weight is 408 g/mol. The van der Waals surface area contributed by atoms with E-state index in [9.17, 15) is 9.59 Å². The fourth-order valence-corrected chi connectivity index (χ4v) is 3.32. The zero-order chi connectivity index (χ0) is 20.1. The third-order valence-corrected chi connectivity index (χ3v) is 4.94. The summed E-state index contributed by atoms with van der Waals surface area (Å²) in [6, 6.07) is 3.30. The van der Waals surface area contributed by atoms with E-state index in [1.165, 1.54) is 14.2 Å². The average Bonchev–Trinajstić information content (AvgIpc) is 2.72. The van der Waals surface area contributed by atoms with Crippen molar-refractivity contribution >= 4 is 34.5 Å². The number of amides is 1. The van der Waals surface area contributed by atoms with Crippen molar-refractivity contribution in [2.75, 3.05) is 27.4 Å². The maximum Gasteiger partial charge on any atom is 0.338 e. The van der Waals surface area contributed by atoms with Gasteiger partial charge in [-0.25, -0.2) is 14.8 Å². The van der Waals surface area contributed by atoms with Gasteiger partial charge < -0.3 is 19.5 Å². The third kappa shape index (κ3) is 4.57. The van der Waals surface area contributed by atoms with Gasteiger partial charge in [-0.3, -0.25) is 4.79 Å². The van der Waals surface area contributed by atoms with E-state index in [1.807, 2.05) is 0 Å². The summed E-state index contributed by atoms with van der Waals surface area (Å²) < 4.78 is 15.3. The molecule has 1 aliphatic rings. The van der Waals surface area contributed by atoms with Crippen LogP contribution in [0.1, 0.15) is 34.5 Å². The SMILES string of the molecule is COCc1cc2nc(CNC(=O)C3CCOCC3)c(Cl)nc2cc1C(=O)OC. The topological polar surface area (TPSA) is 99.6 Å². The number of hydrogen-bond donors (Lipinski definition) is 1. The van der Waals surface area contributed by atoms with Gasteiger partial charge in [0, 0.05) is 26.2 Å². The van der Waals surface area contributed by atoms with Gasteiger partial charge >= 0.3 is 5.97 Å². The number of carbonyl (C=O) groups excluding carboxylic acids is 2. The summed E-state index contributed by atoms with van der Waals surface area (Å²) >= 11 is 6.25. The molecule has 0 spiro atoms. The molecule has 1 aliphatic heterocycles. The molecule has 0 bridgehead atoms. The van der Waals surface area contributed by atoms with E-state index < -0.39 is 5.97 Å². The molecule has 0 aliphatic carbocycles. The number of carbonyl (C=O) groups is 2. The third-order valence-electron chi connectivity index (χ3n) is 4.64. The molecule has 3 rings (SSSR count). The highest BCUT2D eigenvalue weighted by Gasteiger charge is 2.22. The largest absolute Gasteiger partial charge is 0.465 e. The van der Waals surface area contributed by atoms with Crippen LogP contribution < -0.4 is 5.32 Å². The highest BCUT2D eigenvalue weighted by Crippen LogP contribution is 2.23. The van der Waals surface area contributed by atoms with Crippen molar-refractivity contribution in [2.24, 2.45) is 5.92 Å². The smallest absolute Gasteiger partial charge is 0.338 e. The number of halogens is 1. The Morgan fingerprint density at radius 1 is 1.21 bits per heavy atom. The predicted molar refractivity (Wildman–Crippen MR) is 102 cm³/mol.